The molecule has 0 heterocycles. The molecule has 0 rings (SSSR count). The van der Waals surface area contributed by atoms with E-state index in [1.165, 1.54) is 0 Å². The van der Waals surface area contributed by atoms with Gasteiger partial charge >= 0.3 is 5.97 Å². The van der Waals surface area contributed by atoms with E-state index in [-0.39, 0.29) is 0 Å². The van der Waals surface area contributed by atoms with Gasteiger partial charge in [0, 0.05) is 0 Å². The van der Waals surface area contributed by atoms with E-state index in [0.717, 1.165) is 0 Å². The van der Waals surface area contributed by atoms with Crippen molar-refractivity contribution in [2.24, 2.45) is 5.92 Å². The predicted octanol–water partition coefficient (Wildman–Crippen LogP) is -2.01. The molecule has 0 aromatic heterocycles. The molecule has 54 valence electrons. The number of hydrogen-bond donors (Lipinski definition) is 4. The SMILES string of the molecule is O=C(O)C(CO)C(O)O. The monoisotopic (exact) mass is 136 g/mol. The molecule has 0 aliphatic carbocycles. The van der Waals surface area contributed by atoms with Crippen LogP contribution in [0.25, 0.3) is 0 Å². The summed E-state index contributed by atoms with van der Waals surface area (Å²) in [5, 5.41) is 32.6. The van der Waals surface area contributed by atoms with Gasteiger partial charge in [0.15, 0.2) is 6.29 Å². The van der Waals surface area contributed by atoms with E-state index in [0.29, 0.717) is 0 Å². The van der Waals surface area contributed by atoms with Gasteiger partial charge in [-0.05, 0) is 0 Å². The first-order valence-corrected chi connectivity index (χ1v) is 2.29. The highest BCUT2D eigenvalue weighted by Gasteiger charge is 2.22. The van der Waals surface area contributed by atoms with Crippen molar-refractivity contribution in [1.29, 1.82) is 0 Å². The summed E-state index contributed by atoms with van der Waals surface area (Å²) in [4.78, 5) is 9.89. The van der Waals surface area contributed by atoms with Gasteiger partial charge in [-0.1, -0.05) is 0 Å². The first-order valence-electron chi connectivity index (χ1n) is 2.29. The third-order valence-electron chi connectivity index (χ3n) is 0.874. The fourth-order valence-electron chi connectivity index (χ4n) is 0.300. The molecule has 1 atom stereocenters. The van der Waals surface area contributed by atoms with Gasteiger partial charge < -0.3 is 20.4 Å². The van der Waals surface area contributed by atoms with E-state index in [1.807, 2.05) is 0 Å². The number of carbonyl (C=O) groups is 1. The second-order valence-corrected chi connectivity index (χ2v) is 1.54. The van der Waals surface area contributed by atoms with Crippen LogP contribution in [0.1, 0.15) is 0 Å². The summed E-state index contributed by atoms with van der Waals surface area (Å²) in [5.74, 6) is -2.92. The lowest BCUT2D eigenvalue weighted by Crippen LogP contribution is -2.30. The predicted molar refractivity (Wildman–Crippen MR) is 26.4 cm³/mol. The molecule has 0 amide bonds. The molecular weight excluding hydrogens is 128 g/mol. The van der Waals surface area contributed by atoms with Gasteiger partial charge in [0.25, 0.3) is 0 Å². The van der Waals surface area contributed by atoms with Crippen LogP contribution in [0.5, 0.6) is 0 Å². The average Bonchev–Trinajstić information content (AvgIpc) is 1.64. The van der Waals surface area contributed by atoms with E-state index in [4.69, 9.17) is 20.4 Å². The Labute approximate surface area is 51.2 Å². The number of aliphatic hydroxyl groups is 3. The number of aliphatic carboxylic acids is 1. The highest BCUT2D eigenvalue weighted by molar-refractivity contribution is 5.70. The van der Waals surface area contributed by atoms with Crippen molar-refractivity contribution in [2.75, 3.05) is 6.61 Å². The van der Waals surface area contributed by atoms with Crippen LogP contribution < -0.4 is 0 Å². The van der Waals surface area contributed by atoms with Crippen LogP contribution in [0.15, 0.2) is 0 Å². The van der Waals surface area contributed by atoms with E-state index in [9.17, 15) is 4.79 Å². The molecule has 0 fully saturated rings. The van der Waals surface area contributed by atoms with E-state index in [2.05, 4.69) is 0 Å². The first kappa shape index (κ1) is 8.35. The molecule has 0 radical (unpaired) electrons. The summed E-state index contributed by atoms with van der Waals surface area (Å²) in [7, 11) is 0. The lowest BCUT2D eigenvalue weighted by Gasteiger charge is -2.09. The van der Waals surface area contributed by atoms with Crippen molar-refractivity contribution < 1.29 is 25.2 Å². The summed E-state index contributed by atoms with van der Waals surface area (Å²) >= 11 is 0. The second-order valence-electron chi connectivity index (χ2n) is 1.54. The zero-order valence-corrected chi connectivity index (χ0v) is 4.56. The molecule has 0 saturated carbocycles. The van der Waals surface area contributed by atoms with Gasteiger partial charge in [0.1, 0.15) is 5.92 Å². The Morgan fingerprint density at radius 1 is 1.44 bits per heavy atom. The van der Waals surface area contributed by atoms with E-state index >= 15 is 0 Å². The van der Waals surface area contributed by atoms with Gasteiger partial charge in [0.05, 0.1) is 6.61 Å². The van der Waals surface area contributed by atoms with Crippen LogP contribution in [-0.2, 0) is 4.79 Å². The summed E-state index contributed by atoms with van der Waals surface area (Å²) < 4.78 is 0. The van der Waals surface area contributed by atoms with Gasteiger partial charge in [-0.3, -0.25) is 4.79 Å². The van der Waals surface area contributed by atoms with Crippen molar-refractivity contribution in [1.82, 2.24) is 0 Å². The molecule has 1 unspecified atom stereocenters. The molecule has 0 saturated heterocycles. The van der Waals surface area contributed by atoms with Crippen molar-refractivity contribution in [3.63, 3.8) is 0 Å². The molecule has 5 nitrogen and oxygen atoms in total. The molecule has 0 aromatic carbocycles. The zero-order chi connectivity index (χ0) is 7.44. The van der Waals surface area contributed by atoms with Gasteiger partial charge in [-0.25, -0.2) is 0 Å². The van der Waals surface area contributed by atoms with Crippen LogP contribution in [0, 0.1) is 5.92 Å². The lowest BCUT2D eigenvalue weighted by molar-refractivity contribution is -0.162. The number of carboxylic acids is 1. The smallest absolute Gasteiger partial charge is 0.314 e. The number of hydrogen-bond acceptors (Lipinski definition) is 4. The molecule has 5 heteroatoms. The van der Waals surface area contributed by atoms with Gasteiger partial charge in [0.2, 0.25) is 0 Å². The van der Waals surface area contributed by atoms with E-state index in [1.54, 1.807) is 0 Å². The Kier molecular flexibility index (Phi) is 3.15. The summed E-state index contributed by atoms with van der Waals surface area (Å²) in [5.41, 5.74) is 0. The second kappa shape index (κ2) is 3.39. The fourth-order valence-corrected chi connectivity index (χ4v) is 0.300. The van der Waals surface area contributed by atoms with E-state index < -0.39 is 24.8 Å². The molecule has 4 N–H and O–H groups in total. The summed E-state index contributed by atoms with van der Waals surface area (Å²) in [6, 6.07) is 0. The normalized spacial score (nSPS) is 13.8. The fraction of sp³-hybridized carbons (Fsp3) is 0.750. The summed E-state index contributed by atoms with van der Waals surface area (Å²) in [6.45, 7) is -0.771. The Morgan fingerprint density at radius 3 is 1.89 bits per heavy atom. The van der Waals surface area contributed by atoms with Crippen molar-refractivity contribution >= 4 is 5.97 Å². The van der Waals surface area contributed by atoms with Crippen LogP contribution in [0.3, 0.4) is 0 Å². The Balaban J connectivity index is 3.83. The quantitative estimate of drug-likeness (QED) is 0.336. The van der Waals surface area contributed by atoms with Crippen LogP contribution in [0.4, 0.5) is 0 Å². The minimum absolute atomic E-state index is 0.771. The maximum atomic E-state index is 9.89. The molecule has 0 aromatic rings. The largest absolute Gasteiger partial charge is 0.481 e. The Bertz CT molecular complexity index is 99.1. The zero-order valence-electron chi connectivity index (χ0n) is 4.56. The maximum absolute atomic E-state index is 9.89. The van der Waals surface area contributed by atoms with Gasteiger partial charge in [-0.2, -0.15) is 0 Å². The minimum Gasteiger partial charge on any atom is -0.481 e. The van der Waals surface area contributed by atoms with Crippen molar-refractivity contribution in [3.8, 4) is 0 Å². The molecule has 0 aliphatic heterocycles. The van der Waals surface area contributed by atoms with Gasteiger partial charge in [-0.15, -0.1) is 0 Å². The van der Waals surface area contributed by atoms with Crippen LogP contribution in [-0.4, -0.2) is 39.3 Å². The molecule has 0 aliphatic rings. The van der Waals surface area contributed by atoms with Crippen molar-refractivity contribution in [3.05, 3.63) is 0 Å². The third-order valence-corrected chi connectivity index (χ3v) is 0.874. The standard InChI is InChI=1S/C4H8O5/c5-1-2(3(6)7)4(8)9/h2-3,5-7H,1H2,(H,8,9). The first-order chi connectivity index (χ1) is 4.09. The molecule has 0 spiro atoms. The molecule has 0 bridgehead atoms. The Morgan fingerprint density at radius 2 is 1.89 bits per heavy atom. The lowest BCUT2D eigenvalue weighted by atomic mass is 10.1. The van der Waals surface area contributed by atoms with Crippen molar-refractivity contribution in [2.45, 2.75) is 6.29 Å². The third kappa shape index (κ3) is 2.41. The number of aliphatic hydroxyl groups excluding tert-OH is 2. The number of rotatable bonds is 3. The van der Waals surface area contributed by atoms with Crippen LogP contribution >= 0.6 is 0 Å². The topological polar surface area (TPSA) is 98.0 Å². The Hall–Kier alpha value is -0.650. The molecular formula is C4H8O5. The highest BCUT2D eigenvalue weighted by atomic mass is 16.5. The number of carboxylic acid groups (broad SMARTS) is 1. The minimum atomic E-state index is -1.99. The summed E-state index contributed by atoms with van der Waals surface area (Å²) in [6.07, 6.45) is -1.99. The highest BCUT2D eigenvalue weighted by Crippen LogP contribution is 1.98. The maximum Gasteiger partial charge on any atom is 0.314 e. The van der Waals surface area contributed by atoms with Crippen LogP contribution in [0.2, 0.25) is 0 Å². The molecule has 9 heavy (non-hydrogen) atoms. The average molecular weight is 136 g/mol.